The van der Waals surface area contributed by atoms with E-state index in [0.717, 1.165) is 5.39 Å². The van der Waals surface area contributed by atoms with E-state index in [0.29, 0.717) is 5.39 Å². The molecular formula is C15H11F4O5S-. The third-order valence-electron chi connectivity index (χ3n) is 3.34. The molecule has 2 rings (SSSR count). The molecule has 25 heavy (non-hydrogen) atoms. The highest BCUT2D eigenvalue weighted by molar-refractivity contribution is 7.86. The molecule has 0 spiro atoms. The average molecular weight is 379 g/mol. The van der Waals surface area contributed by atoms with Gasteiger partial charge >= 0.3 is 17.1 Å². The third kappa shape index (κ3) is 4.07. The van der Waals surface area contributed by atoms with Crippen molar-refractivity contribution in [2.24, 2.45) is 0 Å². The molecule has 2 aromatic rings. The molecule has 0 atom stereocenters. The third-order valence-corrected chi connectivity index (χ3v) is 4.26. The van der Waals surface area contributed by atoms with Crippen LogP contribution in [0.25, 0.3) is 10.8 Å². The van der Waals surface area contributed by atoms with E-state index in [1.807, 2.05) is 0 Å². The predicted molar refractivity (Wildman–Crippen MR) is 78.4 cm³/mol. The number of halogens is 4. The van der Waals surface area contributed by atoms with Crippen LogP contribution < -0.4 is 4.74 Å². The molecule has 0 amide bonds. The number of alkyl halides is 4. The Labute approximate surface area is 140 Å². The molecule has 0 N–H and O–H groups in total. The van der Waals surface area contributed by atoms with Gasteiger partial charge in [0.15, 0.2) is 10.1 Å². The van der Waals surface area contributed by atoms with Gasteiger partial charge in [0.1, 0.15) is 5.75 Å². The van der Waals surface area contributed by atoms with Crippen molar-refractivity contribution in [2.45, 2.75) is 24.0 Å². The fourth-order valence-corrected chi connectivity index (χ4v) is 2.47. The van der Waals surface area contributed by atoms with Crippen molar-refractivity contribution in [3.05, 3.63) is 42.5 Å². The molecule has 0 bridgehead atoms. The lowest BCUT2D eigenvalue weighted by Gasteiger charge is -2.28. The van der Waals surface area contributed by atoms with E-state index >= 15 is 0 Å². The normalized spacial score (nSPS) is 13.0. The Balaban J connectivity index is 2.04. The predicted octanol–water partition coefficient (Wildman–Crippen LogP) is 3.30. The molecular weight excluding hydrogens is 368 g/mol. The molecule has 0 fully saturated rings. The first-order valence-electron chi connectivity index (χ1n) is 6.84. The minimum atomic E-state index is -6.58. The van der Waals surface area contributed by atoms with Crippen molar-refractivity contribution in [3.8, 4) is 5.75 Å². The number of hydrogen-bond acceptors (Lipinski definition) is 5. The maximum absolute atomic E-state index is 13.3. The lowest BCUT2D eigenvalue weighted by Crippen LogP contribution is -2.47. The molecule has 0 unspecified atom stereocenters. The van der Waals surface area contributed by atoms with Crippen molar-refractivity contribution >= 4 is 26.9 Å². The van der Waals surface area contributed by atoms with Crippen molar-refractivity contribution in [1.82, 2.24) is 0 Å². The summed E-state index contributed by atoms with van der Waals surface area (Å²) in [5.41, 5.74) is 0. The number of hydrogen-bond donors (Lipinski definition) is 0. The lowest BCUT2D eigenvalue weighted by molar-refractivity contribution is -0.169. The van der Waals surface area contributed by atoms with Gasteiger partial charge < -0.3 is 9.29 Å². The quantitative estimate of drug-likeness (QED) is 0.333. The number of rotatable bonds is 6. The first kappa shape index (κ1) is 19.1. The Hall–Kier alpha value is -2.20. The lowest BCUT2D eigenvalue weighted by atomic mass is 10.1. The molecule has 5 nitrogen and oxygen atoms in total. The average Bonchev–Trinajstić information content (AvgIpc) is 2.52. The molecule has 136 valence electrons. The van der Waals surface area contributed by atoms with Gasteiger partial charge in [-0.15, -0.1) is 0 Å². The second-order valence-corrected chi connectivity index (χ2v) is 6.58. The van der Waals surface area contributed by atoms with Gasteiger partial charge in [-0.25, -0.2) is 8.42 Å². The van der Waals surface area contributed by atoms with E-state index in [9.17, 15) is 35.3 Å². The number of carbonyl (C=O) groups excluding carboxylic acids is 1. The highest BCUT2D eigenvalue weighted by Gasteiger charge is 2.61. The monoisotopic (exact) mass is 379 g/mol. The Bertz CT molecular complexity index is 896. The summed E-state index contributed by atoms with van der Waals surface area (Å²) >= 11 is 0. The minimum absolute atomic E-state index is 0.00947. The van der Waals surface area contributed by atoms with Gasteiger partial charge in [0, 0.05) is 6.42 Å². The fraction of sp³-hybridized carbons (Fsp3) is 0.267. The first-order chi connectivity index (χ1) is 11.4. The zero-order chi connectivity index (χ0) is 18.9. The van der Waals surface area contributed by atoms with Crippen LogP contribution in [0, 0.1) is 0 Å². The van der Waals surface area contributed by atoms with Gasteiger partial charge in [0.25, 0.3) is 0 Å². The molecule has 2 aromatic carbocycles. The molecule has 0 saturated carbocycles. The highest BCUT2D eigenvalue weighted by Crippen LogP contribution is 2.41. The van der Waals surface area contributed by atoms with Gasteiger partial charge in [-0.05, 0) is 22.9 Å². The van der Waals surface area contributed by atoms with E-state index in [1.54, 1.807) is 30.3 Å². The maximum Gasteiger partial charge on any atom is 0.396 e. The summed E-state index contributed by atoms with van der Waals surface area (Å²) in [5.74, 6) is -6.46. The zero-order valence-electron chi connectivity index (χ0n) is 12.4. The summed E-state index contributed by atoms with van der Waals surface area (Å²) in [6, 6.07) is 11.4. The molecule has 0 aliphatic rings. The summed E-state index contributed by atoms with van der Waals surface area (Å²) < 4.78 is 88.0. The standard InChI is InChI=1S/C15H12F4O5S/c16-14(17,15(18,19)25(21,22)23)8-7-13(20)24-12-6-5-10-3-1-2-4-11(10)9-12/h1-6,9H,7-8H2,(H,21,22,23)/p-1. The van der Waals surface area contributed by atoms with Gasteiger partial charge in [-0.1, -0.05) is 30.3 Å². The molecule has 0 aliphatic carbocycles. The smallest absolute Gasteiger partial charge is 0.396 e. The van der Waals surface area contributed by atoms with E-state index in [-0.39, 0.29) is 5.75 Å². The minimum Gasteiger partial charge on any atom is -0.743 e. The second kappa shape index (κ2) is 6.60. The summed E-state index contributed by atoms with van der Waals surface area (Å²) in [4.78, 5) is 11.5. The molecule has 0 heterocycles. The van der Waals surface area contributed by atoms with E-state index in [1.165, 1.54) is 12.1 Å². The fourth-order valence-electron chi connectivity index (χ4n) is 2.00. The van der Waals surface area contributed by atoms with Crippen LogP contribution in [0.1, 0.15) is 12.8 Å². The second-order valence-electron chi connectivity index (χ2n) is 5.16. The Kier molecular flexibility index (Phi) is 5.05. The summed E-state index contributed by atoms with van der Waals surface area (Å²) in [6.45, 7) is 0. The van der Waals surface area contributed by atoms with Crippen molar-refractivity contribution in [2.75, 3.05) is 0 Å². The van der Waals surface area contributed by atoms with Crippen LogP contribution in [0.3, 0.4) is 0 Å². The SMILES string of the molecule is O=C(CCC(F)(F)C(F)(F)S(=O)(=O)[O-])Oc1ccc2ccccc2c1. The first-order valence-corrected chi connectivity index (χ1v) is 8.25. The Morgan fingerprint density at radius 1 is 1.04 bits per heavy atom. The number of benzene rings is 2. The number of esters is 1. The van der Waals surface area contributed by atoms with Crippen LogP contribution >= 0.6 is 0 Å². The van der Waals surface area contributed by atoms with Crippen LogP contribution in [0.2, 0.25) is 0 Å². The van der Waals surface area contributed by atoms with Crippen LogP contribution in [0.15, 0.2) is 42.5 Å². The van der Waals surface area contributed by atoms with Crippen molar-refractivity contribution in [1.29, 1.82) is 0 Å². The van der Waals surface area contributed by atoms with Crippen LogP contribution in [-0.4, -0.2) is 30.1 Å². The maximum atomic E-state index is 13.3. The van der Waals surface area contributed by atoms with Crippen LogP contribution in [0.4, 0.5) is 17.6 Å². The van der Waals surface area contributed by atoms with Crippen molar-refractivity contribution < 1.29 is 40.1 Å². The number of ether oxygens (including phenoxy) is 1. The largest absolute Gasteiger partial charge is 0.743 e. The topological polar surface area (TPSA) is 83.5 Å². The number of fused-ring (bicyclic) bond motifs is 1. The summed E-state index contributed by atoms with van der Waals surface area (Å²) in [5, 5.41) is -4.29. The van der Waals surface area contributed by atoms with Gasteiger partial charge in [0.2, 0.25) is 0 Å². The number of carbonyl (C=O) groups is 1. The Morgan fingerprint density at radius 3 is 2.24 bits per heavy atom. The Morgan fingerprint density at radius 2 is 1.64 bits per heavy atom. The van der Waals surface area contributed by atoms with E-state index in [2.05, 4.69) is 0 Å². The summed E-state index contributed by atoms with van der Waals surface area (Å²) in [7, 11) is -6.58. The van der Waals surface area contributed by atoms with Crippen molar-refractivity contribution in [3.63, 3.8) is 0 Å². The van der Waals surface area contributed by atoms with Crippen LogP contribution in [0.5, 0.6) is 5.75 Å². The molecule has 10 heteroatoms. The summed E-state index contributed by atoms with van der Waals surface area (Å²) in [6.07, 6.45) is -3.06. The molecule has 0 aliphatic heterocycles. The zero-order valence-corrected chi connectivity index (χ0v) is 13.2. The highest BCUT2D eigenvalue weighted by atomic mass is 32.2. The van der Waals surface area contributed by atoms with E-state index < -0.39 is 40.1 Å². The molecule has 0 aromatic heterocycles. The van der Waals surface area contributed by atoms with Gasteiger partial charge in [-0.3, -0.25) is 4.79 Å². The van der Waals surface area contributed by atoms with Crippen LogP contribution in [-0.2, 0) is 14.9 Å². The van der Waals surface area contributed by atoms with Gasteiger partial charge in [0.05, 0.1) is 6.42 Å². The van der Waals surface area contributed by atoms with E-state index in [4.69, 9.17) is 4.74 Å². The molecule has 0 radical (unpaired) electrons. The van der Waals surface area contributed by atoms with Gasteiger partial charge in [-0.2, -0.15) is 17.6 Å². The molecule has 0 saturated heterocycles.